The summed E-state index contributed by atoms with van der Waals surface area (Å²) in [5, 5.41) is 19.3. The highest BCUT2D eigenvalue weighted by atomic mass is 79.9. The average Bonchev–Trinajstić information content (AvgIpc) is 2.99. The molecule has 0 aliphatic rings. The van der Waals surface area contributed by atoms with E-state index >= 15 is 0 Å². The lowest BCUT2D eigenvalue weighted by Gasteiger charge is -2.14. The first-order valence-electron chi connectivity index (χ1n) is 6.49. The number of hydrogen-bond donors (Lipinski definition) is 1. The zero-order valence-corrected chi connectivity index (χ0v) is 13.5. The largest absolute Gasteiger partial charge is 0.383 e. The Bertz CT molecular complexity index is 579. The topological polar surface area (TPSA) is 65.1 Å². The molecule has 0 spiro atoms. The lowest BCUT2D eigenvalue weighted by Crippen LogP contribution is -2.15. The minimum Gasteiger partial charge on any atom is -0.383 e. The van der Waals surface area contributed by atoms with E-state index in [2.05, 4.69) is 26.1 Å². The van der Waals surface area contributed by atoms with Gasteiger partial charge in [-0.2, -0.15) is 10.2 Å². The van der Waals surface area contributed by atoms with E-state index < -0.39 is 6.10 Å². The lowest BCUT2D eigenvalue weighted by molar-refractivity contribution is 0.168. The molecule has 0 aromatic carbocycles. The molecule has 2 aromatic heterocycles. The summed E-state index contributed by atoms with van der Waals surface area (Å²) in [4.78, 5) is 0. The van der Waals surface area contributed by atoms with Crippen molar-refractivity contribution in [1.82, 2.24) is 19.6 Å². The van der Waals surface area contributed by atoms with Gasteiger partial charge in [-0.3, -0.25) is 9.36 Å². The van der Waals surface area contributed by atoms with E-state index in [4.69, 9.17) is 4.74 Å². The zero-order chi connectivity index (χ0) is 14.7. The molecule has 110 valence electrons. The maximum Gasteiger partial charge on any atom is 0.138 e. The van der Waals surface area contributed by atoms with Gasteiger partial charge in [0.1, 0.15) is 6.10 Å². The SMILES string of the molecule is CCc1cc(C(O)c2c(Br)cnn2CCOC)n(C)n1. The van der Waals surface area contributed by atoms with Gasteiger partial charge in [0.05, 0.1) is 40.9 Å². The third-order valence-corrected chi connectivity index (χ3v) is 3.82. The van der Waals surface area contributed by atoms with E-state index in [1.807, 2.05) is 20.0 Å². The molecule has 0 saturated carbocycles. The van der Waals surface area contributed by atoms with E-state index in [0.29, 0.717) is 18.8 Å². The van der Waals surface area contributed by atoms with Crippen molar-refractivity contribution in [2.75, 3.05) is 13.7 Å². The van der Waals surface area contributed by atoms with E-state index in [0.717, 1.165) is 22.3 Å². The van der Waals surface area contributed by atoms with Gasteiger partial charge in [0.15, 0.2) is 0 Å². The minimum absolute atomic E-state index is 0.541. The fraction of sp³-hybridized carbons (Fsp3) is 0.538. The summed E-state index contributed by atoms with van der Waals surface area (Å²) in [5.74, 6) is 0. The molecule has 2 rings (SSSR count). The smallest absolute Gasteiger partial charge is 0.138 e. The standard InChI is InChI=1S/C13H19BrN4O2/c1-4-9-7-11(17(2)16-9)13(19)12-10(14)8-15-18(12)5-6-20-3/h7-8,13,19H,4-6H2,1-3H3. The first kappa shape index (κ1) is 15.2. The van der Waals surface area contributed by atoms with Crippen LogP contribution in [-0.2, 0) is 24.8 Å². The van der Waals surface area contributed by atoms with Crippen LogP contribution in [0.3, 0.4) is 0 Å². The van der Waals surface area contributed by atoms with Gasteiger partial charge < -0.3 is 9.84 Å². The summed E-state index contributed by atoms with van der Waals surface area (Å²) in [5.41, 5.74) is 2.43. The van der Waals surface area contributed by atoms with Crippen molar-refractivity contribution in [2.45, 2.75) is 26.0 Å². The summed E-state index contributed by atoms with van der Waals surface area (Å²) in [6.07, 6.45) is 1.75. The Labute approximate surface area is 126 Å². The molecular formula is C13H19BrN4O2. The van der Waals surface area contributed by atoms with Crippen molar-refractivity contribution >= 4 is 15.9 Å². The average molecular weight is 343 g/mol. The first-order valence-corrected chi connectivity index (χ1v) is 7.28. The highest BCUT2D eigenvalue weighted by Crippen LogP contribution is 2.28. The van der Waals surface area contributed by atoms with Crippen LogP contribution in [0.5, 0.6) is 0 Å². The van der Waals surface area contributed by atoms with Gasteiger partial charge >= 0.3 is 0 Å². The number of hydrogen-bond acceptors (Lipinski definition) is 4. The molecule has 0 saturated heterocycles. The Morgan fingerprint density at radius 3 is 2.85 bits per heavy atom. The van der Waals surface area contributed by atoms with Crippen LogP contribution in [0.1, 0.15) is 30.1 Å². The van der Waals surface area contributed by atoms with E-state index in [-0.39, 0.29) is 0 Å². The number of methoxy groups -OCH3 is 1. The van der Waals surface area contributed by atoms with E-state index in [1.165, 1.54) is 0 Å². The predicted octanol–water partition coefficient (Wildman–Crippen LogP) is 1.67. The predicted molar refractivity (Wildman–Crippen MR) is 78.5 cm³/mol. The molecular weight excluding hydrogens is 324 g/mol. The number of rotatable bonds is 6. The van der Waals surface area contributed by atoms with Gasteiger partial charge in [-0.05, 0) is 28.4 Å². The molecule has 0 amide bonds. The Balaban J connectivity index is 2.34. The Morgan fingerprint density at radius 1 is 1.50 bits per heavy atom. The van der Waals surface area contributed by atoms with Crippen LogP contribution in [0.25, 0.3) is 0 Å². The van der Waals surface area contributed by atoms with Gasteiger partial charge in [0.2, 0.25) is 0 Å². The first-order chi connectivity index (χ1) is 9.58. The van der Waals surface area contributed by atoms with Crippen LogP contribution in [0.2, 0.25) is 0 Å². The molecule has 7 heteroatoms. The maximum atomic E-state index is 10.6. The Morgan fingerprint density at radius 2 is 2.25 bits per heavy atom. The summed E-state index contributed by atoms with van der Waals surface area (Å²) in [6, 6.07) is 1.92. The quantitative estimate of drug-likeness (QED) is 0.867. The monoisotopic (exact) mass is 342 g/mol. The number of halogens is 1. The van der Waals surface area contributed by atoms with Crippen molar-refractivity contribution in [2.24, 2.45) is 7.05 Å². The molecule has 0 radical (unpaired) electrons. The number of ether oxygens (including phenoxy) is 1. The number of aliphatic hydroxyl groups excluding tert-OH is 1. The second kappa shape index (κ2) is 6.51. The molecule has 1 N–H and O–H groups in total. The summed E-state index contributed by atoms with van der Waals surface area (Å²) in [7, 11) is 3.48. The third-order valence-electron chi connectivity index (χ3n) is 3.21. The van der Waals surface area contributed by atoms with Crippen LogP contribution in [-0.4, -0.2) is 38.4 Å². The third kappa shape index (κ3) is 2.94. The fourth-order valence-electron chi connectivity index (χ4n) is 2.11. The van der Waals surface area contributed by atoms with Crippen molar-refractivity contribution in [3.05, 3.63) is 33.8 Å². The number of aromatic nitrogens is 4. The van der Waals surface area contributed by atoms with Gasteiger partial charge in [0, 0.05) is 14.2 Å². The molecule has 20 heavy (non-hydrogen) atoms. The van der Waals surface area contributed by atoms with Crippen LogP contribution >= 0.6 is 15.9 Å². The number of aryl methyl sites for hydroxylation is 2. The molecule has 2 aromatic rings. The normalized spacial score (nSPS) is 12.8. The molecule has 1 atom stereocenters. The van der Waals surface area contributed by atoms with Gasteiger partial charge in [-0.25, -0.2) is 0 Å². The zero-order valence-electron chi connectivity index (χ0n) is 11.9. The summed E-state index contributed by atoms with van der Waals surface area (Å²) in [6.45, 7) is 3.17. The summed E-state index contributed by atoms with van der Waals surface area (Å²) < 4.78 is 9.30. The number of nitrogens with zero attached hydrogens (tertiary/aromatic N) is 4. The minimum atomic E-state index is -0.776. The molecule has 0 aliphatic carbocycles. The van der Waals surface area contributed by atoms with Gasteiger partial charge in [-0.1, -0.05) is 6.92 Å². The van der Waals surface area contributed by atoms with E-state index in [1.54, 1.807) is 22.7 Å². The fourth-order valence-corrected chi connectivity index (χ4v) is 2.62. The van der Waals surface area contributed by atoms with Crippen LogP contribution in [0.15, 0.2) is 16.7 Å². The molecule has 0 bridgehead atoms. The second-order valence-electron chi connectivity index (χ2n) is 4.53. The van der Waals surface area contributed by atoms with Gasteiger partial charge in [0.25, 0.3) is 0 Å². The molecule has 0 fully saturated rings. The van der Waals surface area contributed by atoms with Crippen molar-refractivity contribution in [1.29, 1.82) is 0 Å². The highest BCUT2D eigenvalue weighted by molar-refractivity contribution is 9.10. The van der Waals surface area contributed by atoms with Crippen LogP contribution in [0.4, 0.5) is 0 Å². The Kier molecular flexibility index (Phi) is 4.95. The summed E-state index contributed by atoms with van der Waals surface area (Å²) >= 11 is 3.44. The van der Waals surface area contributed by atoms with Crippen LogP contribution < -0.4 is 0 Å². The molecule has 6 nitrogen and oxygen atoms in total. The molecule has 0 aliphatic heterocycles. The van der Waals surface area contributed by atoms with Crippen LogP contribution in [0, 0.1) is 0 Å². The Hall–Kier alpha value is -1.18. The molecule has 1 unspecified atom stereocenters. The lowest BCUT2D eigenvalue weighted by atomic mass is 10.1. The van der Waals surface area contributed by atoms with Crippen molar-refractivity contribution in [3.63, 3.8) is 0 Å². The maximum absolute atomic E-state index is 10.6. The second-order valence-corrected chi connectivity index (χ2v) is 5.39. The van der Waals surface area contributed by atoms with Gasteiger partial charge in [-0.15, -0.1) is 0 Å². The van der Waals surface area contributed by atoms with Crippen molar-refractivity contribution in [3.8, 4) is 0 Å². The number of aliphatic hydroxyl groups is 1. The highest BCUT2D eigenvalue weighted by Gasteiger charge is 2.22. The van der Waals surface area contributed by atoms with Crippen molar-refractivity contribution < 1.29 is 9.84 Å². The molecule has 2 heterocycles. The van der Waals surface area contributed by atoms with E-state index in [9.17, 15) is 5.11 Å².